The van der Waals surface area contributed by atoms with E-state index in [9.17, 15) is 18.0 Å². The summed E-state index contributed by atoms with van der Waals surface area (Å²) in [5.41, 5.74) is 5.95. The summed E-state index contributed by atoms with van der Waals surface area (Å²) in [7, 11) is -2.33. The smallest absolute Gasteiger partial charge is 0.273 e. The predicted molar refractivity (Wildman–Crippen MR) is 127 cm³/mol. The molecule has 3 N–H and O–H groups in total. The van der Waals surface area contributed by atoms with Crippen LogP contribution in [0.5, 0.6) is 5.75 Å². The van der Waals surface area contributed by atoms with Gasteiger partial charge in [-0.1, -0.05) is 41.9 Å². The third kappa shape index (κ3) is 6.83. The largest absolute Gasteiger partial charge is 0.496 e. The first kappa shape index (κ1) is 23.8. The Bertz CT molecular complexity index is 1280. The van der Waals surface area contributed by atoms with E-state index >= 15 is 0 Å². The number of halogens is 1. The Kier molecular flexibility index (Phi) is 7.70. The minimum absolute atomic E-state index is 0.151. The second-order valence-electron chi connectivity index (χ2n) is 6.69. The van der Waals surface area contributed by atoms with Gasteiger partial charge in [0.15, 0.2) is 0 Å². The molecule has 170 valence electrons. The lowest BCUT2D eigenvalue weighted by atomic mass is 10.2. The molecule has 0 aromatic heterocycles. The van der Waals surface area contributed by atoms with Crippen LogP contribution < -0.4 is 20.3 Å². The number of rotatable bonds is 7. The number of hydrogen-bond donors (Lipinski definition) is 3. The van der Waals surface area contributed by atoms with Gasteiger partial charge in [-0.15, -0.1) is 0 Å². The maximum atomic E-state index is 12.3. The van der Waals surface area contributed by atoms with Crippen molar-refractivity contribution in [1.82, 2.24) is 10.9 Å². The van der Waals surface area contributed by atoms with Crippen molar-refractivity contribution in [2.24, 2.45) is 0 Å². The van der Waals surface area contributed by atoms with Gasteiger partial charge >= 0.3 is 0 Å². The fraction of sp³-hybridized carbons (Fsp3) is 0.0435. The third-order valence-electron chi connectivity index (χ3n) is 4.34. The molecule has 0 atom stereocenters. The van der Waals surface area contributed by atoms with E-state index in [2.05, 4.69) is 15.6 Å². The molecule has 0 saturated heterocycles. The van der Waals surface area contributed by atoms with Gasteiger partial charge in [-0.05, 0) is 54.1 Å². The molecule has 3 aromatic rings. The van der Waals surface area contributed by atoms with Gasteiger partial charge in [0.05, 0.1) is 18.1 Å². The van der Waals surface area contributed by atoms with E-state index in [0.717, 1.165) is 11.0 Å². The van der Waals surface area contributed by atoms with Crippen molar-refractivity contribution in [3.63, 3.8) is 0 Å². The zero-order valence-corrected chi connectivity index (χ0v) is 19.0. The summed E-state index contributed by atoms with van der Waals surface area (Å²) in [6.45, 7) is 0. The zero-order chi connectivity index (χ0) is 23.8. The van der Waals surface area contributed by atoms with Crippen LogP contribution in [0.1, 0.15) is 26.3 Å². The molecule has 0 aliphatic carbocycles. The average Bonchev–Trinajstić information content (AvgIpc) is 2.82. The van der Waals surface area contributed by atoms with Gasteiger partial charge in [-0.3, -0.25) is 25.2 Å². The summed E-state index contributed by atoms with van der Waals surface area (Å²) in [6.07, 6.45) is 1.47. The molecule has 33 heavy (non-hydrogen) atoms. The summed E-state index contributed by atoms with van der Waals surface area (Å²) in [4.78, 5) is 24.7. The monoisotopic (exact) mass is 485 g/mol. The van der Waals surface area contributed by atoms with E-state index in [1.807, 2.05) is 6.07 Å². The van der Waals surface area contributed by atoms with Crippen LogP contribution in [0.15, 0.2) is 78.2 Å². The molecule has 0 radical (unpaired) electrons. The van der Waals surface area contributed by atoms with Crippen molar-refractivity contribution >= 4 is 45.2 Å². The highest BCUT2D eigenvalue weighted by Crippen LogP contribution is 2.22. The number of amides is 2. The molecule has 0 heterocycles. The van der Waals surface area contributed by atoms with Gasteiger partial charge < -0.3 is 4.74 Å². The molecule has 3 aromatic carbocycles. The Balaban J connectivity index is 1.59. The second kappa shape index (κ2) is 10.7. The summed E-state index contributed by atoms with van der Waals surface area (Å²) >= 11 is 5.91. The Morgan fingerprint density at radius 2 is 1.58 bits per heavy atom. The lowest BCUT2D eigenvalue weighted by Gasteiger charge is -2.11. The maximum absolute atomic E-state index is 12.3. The van der Waals surface area contributed by atoms with Crippen molar-refractivity contribution in [3.8, 4) is 5.75 Å². The van der Waals surface area contributed by atoms with Crippen LogP contribution in [0, 0.1) is 0 Å². The minimum Gasteiger partial charge on any atom is -0.496 e. The number of benzene rings is 3. The summed E-state index contributed by atoms with van der Waals surface area (Å²) < 4.78 is 32.0. The summed E-state index contributed by atoms with van der Waals surface area (Å²) in [5.74, 6) is -0.913. The molecular formula is C23H20ClN3O5S. The third-order valence-corrected chi connectivity index (χ3v) is 5.59. The highest BCUT2D eigenvalue weighted by molar-refractivity contribution is 7.95. The molecule has 0 aliphatic heterocycles. The van der Waals surface area contributed by atoms with Crippen LogP contribution in [-0.4, -0.2) is 27.3 Å². The van der Waals surface area contributed by atoms with E-state index in [0.29, 0.717) is 10.8 Å². The first-order valence-electron chi connectivity index (χ1n) is 9.57. The van der Waals surface area contributed by atoms with Crippen molar-refractivity contribution in [3.05, 3.63) is 99.9 Å². The Morgan fingerprint density at radius 1 is 0.909 bits per heavy atom. The molecule has 0 aliphatic rings. The van der Waals surface area contributed by atoms with E-state index < -0.39 is 21.8 Å². The molecular weight excluding hydrogens is 466 g/mol. The van der Waals surface area contributed by atoms with Crippen molar-refractivity contribution < 1.29 is 22.7 Å². The standard InChI is InChI=1S/C23H20ClN3O5S/c1-32-21-12-9-18(24)15-20(21)23(29)26-25-22(28)17-7-10-19(11-8-17)27-33(30,31)14-13-16-5-3-2-4-6-16/h2-15,27H,1H3,(H,25,28)(H,26,29)/b14-13+. The minimum atomic E-state index is -3.74. The number of anilines is 1. The highest BCUT2D eigenvalue weighted by atomic mass is 35.5. The fourth-order valence-electron chi connectivity index (χ4n) is 2.73. The van der Waals surface area contributed by atoms with Crippen molar-refractivity contribution in [2.45, 2.75) is 0 Å². The lowest BCUT2D eigenvalue weighted by molar-refractivity contribution is 0.0845. The highest BCUT2D eigenvalue weighted by Gasteiger charge is 2.15. The molecule has 0 bridgehead atoms. The van der Waals surface area contributed by atoms with Crippen LogP contribution in [0.3, 0.4) is 0 Å². The first-order valence-corrected chi connectivity index (χ1v) is 11.5. The number of sulfonamides is 1. The van der Waals surface area contributed by atoms with E-state index in [4.69, 9.17) is 16.3 Å². The average molecular weight is 486 g/mol. The molecule has 0 fully saturated rings. The van der Waals surface area contributed by atoms with E-state index in [1.165, 1.54) is 49.6 Å². The van der Waals surface area contributed by atoms with Gasteiger partial charge in [0.1, 0.15) is 5.75 Å². The number of carbonyl (C=O) groups excluding carboxylic acids is 2. The van der Waals surface area contributed by atoms with Crippen LogP contribution in [0.2, 0.25) is 5.02 Å². The maximum Gasteiger partial charge on any atom is 0.273 e. The first-order chi connectivity index (χ1) is 15.8. The van der Waals surface area contributed by atoms with Crippen LogP contribution >= 0.6 is 11.6 Å². The van der Waals surface area contributed by atoms with Crippen LogP contribution in [0.25, 0.3) is 6.08 Å². The Morgan fingerprint density at radius 3 is 2.24 bits per heavy atom. The number of hydrazine groups is 1. The van der Waals surface area contributed by atoms with E-state index in [1.54, 1.807) is 30.3 Å². The predicted octanol–water partition coefficient (Wildman–Crippen LogP) is 3.84. The topological polar surface area (TPSA) is 114 Å². The molecule has 0 spiro atoms. The summed E-state index contributed by atoms with van der Waals surface area (Å²) in [5, 5.41) is 1.40. The molecule has 0 saturated carbocycles. The SMILES string of the molecule is COc1ccc(Cl)cc1C(=O)NNC(=O)c1ccc(NS(=O)(=O)/C=C/c2ccccc2)cc1. The molecule has 2 amide bonds. The number of carbonyl (C=O) groups is 2. The Labute approximate surface area is 196 Å². The molecule has 0 unspecified atom stereocenters. The number of ether oxygens (including phenoxy) is 1. The van der Waals surface area contributed by atoms with E-state index in [-0.39, 0.29) is 16.8 Å². The number of nitrogens with one attached hydrogen (secondary N) is 3. The molecule has 3 rings (SSSR count). The molecule has 10 heteroatoms. The number of methoxy groups -OCH3 is 1. The number of hydrogen-bond acceptors (Lipinski definition) is 5. The normalized spacial score (nSPS) is 11.1. The van der Waals surface area contributed by atoms with Crippen LogP contribution in [0.4, 0.5) is 5.69 Å². The van der Waals surface area contributed by atoms with Gasteiger partial charge in [0.2, 0.25) is 0 Å². The fourth-order valence-corrected chi connectivity index (χ4v) is 3.77. The van der Waals surface area contributed by atoms with Crippen molar-refractivity contribution in [1.29, 1.82) is 0 Å². The Hall–Kier alpha value is -3.82. The lowest BCUT2D eigenvalue weighted by Crippen LogP contribution is -2.41. The zero-order valence-electron chi connectivity index (χ0n) is 17.4. The van der Waals surface area contributed by atoms with Gasteiger partial charge in [-0.2, -0.15) is 0 Å². The second-order valence-corrected chi connectivity index (χ2v) is 8.69. The van der Waals surface area contributed by atoms with Crippen molar-refractivity contribution in [2.75, 3.05) is 11.8 Å². The molecule has 8 nitrogen and oxygen atoms in total. The van der Waals surface area contributed by atoms with Gasteiger partial charge in [-0.25, -0.2) is 8.42 Å². The van der Waals surface area contributed by atoms with Crippen LogP contribution in [-0.2, 0) is 10.0 Å². The summed E-state index contributed by atoms with van der Waals surface area (Å²) in [6, 6.07) is 19.2. The van der Waals surface area contributed by atoms with Gasteiger partial charge in [0.25, 0.3) is 21.8 Å². The van der Waals surface area contributed by atoms with Gasteiger partial charge in [0, 0.05) is 16.3 Å². The quantitative estimate of drug-likeness (QED) is 0.440.